The van der Waals surface area contributed by atoms with Gasteiger partial charge in [0.05, 0.1) is 24.8 Å². The number of ether oxygens (including phenoxy) is 1. The summed E-state index contributed by atoms with van der Waals surface area (Å²) in [7, 11) is 1.35. The number of hydrogen-bond donors (Lipinski definition) is 0. The molecule has 18 heavy (non-hydrogen) atoms. The number of esters is 1. The predicted octanol–water partition coefficient (Wildman–Crippen LogP) is 1.03. The van der Waals surface area contributed by atoms with Crippen molar-refractivity contribution in [3.8, 4) is 0 Å². The zero-order chi connectivity index (χ0) is 13.1. The maximum absolute atomic E-state index is 13.1. The molecule has 1 aromatic heterocycles. The molecule has 2 rings (SSSR count). The Bertz CT molecular complexity index is 478. The molecule has 1 atom stereocenters. The van der Waals surface area contributed by atoms with Crippen molar-refractivity contribution >= 4 is 18.1 Å². The van der Waals surface area contributed by atoms with Gasteiger partial charge in [0, 0.05) is 13.1 Å². The molecular formula is C12H13FN2O3. The molecule has 1 aliphatic heterocycles. The van der Waals surface area contributed by atoms with E-state index in [1.807, 2.05) is 4.90 Å². The Morgan fingerprint density at radius 2 is 2.44 bits per heavy atom. The molecule has 0 aliphatic carbocycles. The number of halogens is 1. The largest absolute Gasteiger partial charge is 0.469 e. The summed E-state index contributed by atoms with van der Waals surface area (Å²) in [5.74, 6) is -0.584. The van der Waals surface area contributed by atoms with Gasteiger partial charge in [0.25, 0.3) is 0 Å². The number of nitrogens with zero attached hydrogens (tertiary/aromatic N) is 2. The summed E-state index contributed by atoms with van der Waals surface area (Å²) >= 11 is 0. The standard InChI is InChI=1S/C12H13FN2O3/c1-18-12(17)8-2-3-15(6-8)11-4-9(7-16)10(13)5-14-11/h4-5,7-8H,2-3,6H2,1H3. The highest BCUT2D eigenvalue weighted by atomic mass is 19.1. The van der Waals surface area contributed by atoms with E-state index in [2.05, 4.69) is 9.72 Å². The van der Waals surface area contributed by atoms with Crippen LogP contribution in [0.25, 0.3) is 0 Å². The third-order valence-electron chi connectivity index (χ3n) is 3.04. The van der Waals surface area contributed by atoms with E-state index in [0.29, 0.717) is 31.6 Å². The Morgan fingerprint density at radius 1 is 1.67 bits per heavy atom. The van der Waals surface area contributed by atoms with E-state index in [-0.39, 0.29) is 17.5 Å². The van der Waals surface area contributed by atoms with E-state index in [1.54, 1.807) is 0 Å². The first-order chi connectivity index (χ1) is 8.65. The maximum Gasteiger partial charge on any atom is 0.310 e. The van der Waals surface area contributed by atoms with E-state index in [1.165, 1.54) is 13.2 Å². The van der Waals surface area contributed by atoms with Gasteiger partial charge in [-0.1, -0.05) is 0 Å². The van der Waals surface area contributed by atoms with Gasteiger partial charge in [0.1, 0.15) is 5.82 Å². The van der Waals surface area contributed by atoms with Crippen LogP contribution >= 0.6 is 0 Å². The average Bonchev–Trinajstić information content (AvgIpc) is 2.88. The molecule has 0 spiro atoms. The Kier molecular flexibility index (Phi) is 3.55. The smallest absolute Gasteiger partial charge is 0.310 e. The molecule has 1 unspecified atom stereocenters. The number of pyridine rings is 1. The lowest BCUT2D eigenvalue weighted by Gasteiger charge is -2.17. The number of carbonyl (C=O) groups is 2. The zero-order valence-corrected chi connectivity index (χ0v) is 9.93. The van der Waals surface area contributed by atoms with Crippen LogP contribution in [0.1, 0.15) is 16.8 Å². The third kappa shape index (κ3) is 2.32. The number of carbonyl (C=O) groups excluding carboxylic acids is 2. The van der Waals surface area contributed by atoms with Crippen LogP contribution in [0.3, 0.4) is 0 Å². The van der Waals surface area contributed by atoms with E-state index in [9.17, 15) is 14.0 Å². The normalized spacial score (nSPS) is 18.8. The van der Waals surface area contributed by atoms with Crippen molar-refractivity contribution in [2.75, 3.05) is 25.1 Å². The lowest BCUT2D eigenvalue weighted by molar-refractivity contribution is -0.144. The van der Waals surface area contributed by atoms with Gasteiger partial charge >= 0.3 is 5.97 Å². The van der Waals surface area contributed by atoms with Crippen LogP contribution in [0, 0.1) is 11.7 Å². The second-order valence-corrected chi connectivity index (χ2v) is 4.14. The number of anilines is 1. The molecule has 0 bridgehead atoms. The summed E-state index contributed by atoms with van der Waals surface area (Å²) in [6.45, 7) is 1.11. The molecule has 0 amide bonds. The van der Waals surface area contributed by atoms with Crippen LogP contribution in [-0.4, -0.2) is 37.4 Å². The second kappa shape index (κ2) is 5.12. The first-order valence-electron chi connectivity index (χ1n) is 5.59. The van der Waals surface area contributed by atoms with Gasteiger partial charge < -0.3 is 9.64 Å². The molecule has 0 saturated carbocycles. The molecule has 96 valence electrons. The molecule has 6 heteroatoms. The third-order valence-corrected chi connectivity index (χ3v) is 3.04. The Hall–Kier alpha value is -1.98. The lowest BCUT2D eigenvalue weighted by atomic mass is 10.1. The van der Waals surface area contributed by atoms with E-state index in [0.717, 1.165) is 6.20 Å². The number of aldehydes is 1. The van der Waals surface area contributed by atoms with Gasteiger partial charge in [-0.2, -0.15) is 0 Å². The molecule has 5 nitrogen and oxygen atoms in total. The van der Waals surface area contributed by atoms with E-state index in [4.69, 9.17) is 0 Å². The Morgan fingerprint density at radius 3 is 3.11 bits per heavy atom. The fourth-order valence-electron chi connectivity index (χ4n) is 2.03. The molecule has 1 saturated heterocycles. The molecule has 2 heterocycles. The van der Waals surface area contributed by atoms with Crippen LogP contribution in [0.4, 0.5) is 10.2 Å². The second-order valence-electron chi connectivity index (χ2n) is 4.14. The first kappa shape index (κ1) is 12.5. The summed E-state index contributed by atoms with van der Waals surface area (Å²) in [4.78, 5) is 27.8. The van der Waals surface area contributed by atoms with Crippen LogP contribution in [0.5, 0.6) is 0 Å². The SMILES string of the molecule is COC(=O)C1CCN(c2cc(C=O)c(F)cn2)C1. The van der Waals surface area contributed by atoms with E-state index >= 15 is 0 Å². The van der Waals surface area contributed by atoms with Crippen molar-refractivity contribution < 1.29 is 18.7 Å². The summed E-state index contributed by atoms with van der Waals surface area (Å²) < 4.78 is 17.8. The highest BCUT2D eigenvalue weighted by Gasteiger charge is 2.29. The molecule has 0 N–H and O–H groups in total. The molecule has 1 aromatic rings. The van der Waals surface area contributed by atoms with Gasteiger partial charge in [-0.25, -0.2) is 9.37 Å². The molecule has 0 aromatic carbocycles. The van der Waals surface area contributed by atoms with Crippen molar-refractivity contribution in [3.63, 3.8) is 0 Å². The average molecular weight is 252 g/mol. The van der Waals surface area contributed by atoms with Gasteiger partial charge in [0.2, 0.25) is 0 Å². The van der Waals surface area contributed by atoms with Crippen LogP contribution in [0.2, 0.25) is 0 Å². The minimum Gasteiger partial charge on any atom is -0.469 e. The fourth-order valence-corrected chi connectivity index (χ4v) is 2.03. The van der Waals surface area contributed by atoms with Crippen molar-refractivity contribution in [1.29, 1.82) is 0 Å². The minimum absolute atomic E-state index is 0.0264. The topological polar surface area (TPSA) is 59.5 Å². The van der Waals surface area contributed by atoms with Crippen LogP contribution in [0.15, 0.2) is 12.3 Å². The van der Waals surface area contributed by atoms with Gasteiger partial charge in [-0.05, 0) is 12.5 Å². The maximum atomic E-state index is 13.1. The van der Waals surface area contributed by atoms with Gasteiger partial charge in [0.15, 0.2) is 12.1 Å². The van der Waals surface area contributed by atoms with E-state index < -0.39 is 5.82 Å². The minimum atomic E-state index is -0.641. The zero-order valence-electron chi connectivity index (χ0n) is 9.93. The van der Waals surface area contributed by atoms with Crippen molar-refractivity contribution in [2.45, 2.75) is 6.42 Å². The van der Waals surface area contributed by atoms with Crippen LogP contribution in [-0.2, 0) is 9.53 Å². The summed E-state index contributed by atoms with van der Waals surface area (Å²) in [5, 5.41) is 0. The van der Waals surface area contributed by atoms with Crippen molar-refractivity contribution in [2.24, 2.45) is 5.92 Å². The Labute approximate surface area is 104 Å². The quantitative estimate of drug-likeness (QED) is 0.594. The summed E-state index contributed by atoms with van der Waals surface area (Å²) in [5.41, 5.74) is -0.0264. The molecule has 0 radical (unpaired) electrons. The molecule has 1 fully saturated rings. The highest BCUT2D eigenvalue weighted by Crippen LogP contribution is 2.23. The summed E-state index contributed by atoms with van der Waals surface area (Å²) in [6.07, 6.45) is 2.14. The lowest BCUT2D eigenvalue weighted by Crippen LogP contribution is -2.24. The van der Waals surface area contributed by atoms with Crippen molar-refractivity contribution in [1.82, 2.24) is 4.98 Å². The number of hydrogen-bond acceptors (Lipinski definition) is 5. The first-order valence-corrected chi connectivity index (χ1v) is 5.59. The van der Waals surface area contributed by atoms with Gasteiger partial charge in [-0.15, -0.1) is 0 Å². The number of aromatic nitrogens is 1. The fraction of sp³-hybridized carbons (Fsp3) is 0.417. The molecule has 1 aliphatic rings. The monoisotopic (exact) mass is 252 g/mol. The number of rotatable bonds is 3. The molecular weight excluding hydrogens is 239 g/mol. The highest BCUT2D eigenvalue weighted by molar-refractivity contribution is 5.77. The van der Waals surface area contributed by atoms with Crippen LogP contribution < -0.4 is 4.90 Å². The Balaban J connectivity index is 2.14. The summed E-state index contributed by atoms with van der Waals surface area (Å²) in [6, 6.07) is 1.39. The predicted molar refractivity (Wildman–Crippen MR) is 61.9 cm³/mol. The number of methoxy groups -OCH3 is 1. The van der Waals surface area contributed by atoms with Gasteiger partial charge in [-0.3, -0.25) is 9.59 Å². The van der Waals surface area contributed by atoms with Crippen molar-refractivity contribution in [3.05, 3.63) is 23.6 Å².